The smallest absolute Gasteiger partial charge is 0.399 e. The van der Waals surface area contributed by atoms with Gasteiger partial charge in [0.05, 0.1) is 23.0 Å². The molecule has 3 rings (SSSR count). The van der Waals surface area contributed by atoms with Gasteiger partial charge in [0.25, 0.3) is 0 Å². The van der Waals surface area contributed by atoms with Crippen LogP contribution in [-0.4, -0.2) is 38.8 Å². The molecule has 1 aliphatic rings. The van der Waals surface area contributed by atoms with E-state index in [0.717, 1.165) is 0 Å². The molecule has 8 heteroatoms. The summed E-state index contributed by atoms with van der Waals surface area (Å²) in [6.45, 7) is 13.2. The van der Waals surface area contributed by atoms with E-state index in [2.05, 4.69) is 5.10 Å². The van der Waals surface area contributed by atoms with Crippen molar-refractivity contribution in [3.8, 4) is 11.1 Å². The molecule has 0 saturated carbocycles. The van der Waals surface area contributed by atoms with Gasteiger partial charge in [-0.05, 0) is 54.9 Å². The van der Waals surface area contributed by atoms with Gasteiger partial charge in [0.2, 0.25) is 0 Å². The summed E-state index contributed by atoms with van der Waals surface area (Å²) >= 11 is 0. The molecule has 0 spiro atoms. The zero-order chi connectivity index (χ0) is 21.8. The number of nitrogens with zero attached hydrogens (tertiary/aromatic N) is 2. The highest BCUT2D eigenvalue weighted by atomic mass is 19.2. The van der Waals surface area contributed by atoms with Crippen LogP contribution in [0.3, 0.4) is 0 Å². The second-order valence-electron chi connectivity index (χ2n) is 9.35. The average Bonchev–Trinajstić information content (AvgIpc) is 3.04. The van der Waals surface area contributed by atoms with Crippen molar-refractivity contribution >= 4 is 12.6 Å². The monoisotopic (exact) mass is 406 g/mol. The first-order chi connectivity index (χ1) is 13.2. The fourth-order valence-corrected chi connectivity index (χ4v) is 3.24. The van der Waals surface area contributed by atoms with Gasteiger partial charge in [0.1, 0.15) is 0 Å². The Bertz CT molecular complexity index is 903. The molecule has 1 saturated heterocycles. The van der Waals surface area contributed by atoms with Crippen molar-refractivity contribution in [2.24, 2.45) is 0 Å². The maximum absolute atomic E-state index is 15.0. The molecule has 5 nitrogen and oxygen atoms in total. The van der Waals surface area contributed by atoms with Crippen LogP contribution in [0.15, 0.2) is 18.3 Å². The quantitative estimate of drug-likeness (QED) is 0.772. The zero-order valence-corrected chi connectivity index (χ0v) is 18.1. The molecular weight excluding hydrogens is 377 g/mol. The van der Waals surface area contributed by atoms with Crippen LogP contribution in [0.5, 0.6) is 0 Å². The van der Waals surface area contributed by atoms with E-state index in [0.29, 0.717) is 24.2 Å². The fourth-order valence-electron chi connectivity index (χ4n) is 3.24. The Hall–Kier alpha value is -1.77. The molecule has 0 radical (unpaired) electrons. The lowest BCUT2D eigenvalue weighted by atomic mass is 9.78. The topological polar surface area (TPSA) is 56.5 Å². The van der Waals surface area contributed by atoms with Crippen molar-refractivity contribution in [2.45, 2.75) is 78.2 Å². The van der Waals surface area contributed by atoms with E-state index in [9.17, 15) is 13.9 Å². The second kappa shape index (κ2) is 7.18. The van der Waals surface area contributed by atoms with Gasteiger partial charge in [0.15, 0.2) is 11.6 Å². The van der Waals surface area contributed by atoms with Gasteiger partial charge in [0, 0.05) is 28.8 Å². The second-order valence-corrected chi connectivity index (χ2v) is 9.35. The molecule has 0 unspecified atom stereocenters. The number of aromatic nitrogens is 2. The molecule has 1 aromatic carbocycles. The third kappa shape index (κ3) is 4.11. The van der Waals surface area contributed by atoms with Crippen molar-refractivity contribution in [1.29, 1.82) is 0 Å². The highest BCUT2D eigenvalue weighted by Crippen LogP contribution is 2.37. The molecule has 0 amide bonds. The summed E-state index contributed by atoms with van der Waals surface area (Å²) in [5, 5.41) is 14.2. The SMILES string of the molecule is Cc1c(-c2ccc(B3OC(C)(C)C(C)(C)O3)c(F)c2F)cnn1CCC(C)(C)O. The molecule has 2 heterocycles. The van der Waals surface area contributed by atoms with Crippen molar-refractivity contribution in [2.75, 3.05) is 0 Å². The number of benzene rings is 1. The number of halogens is 2. The molecule has 1 aromatic heterocycles. The van der Waals surface area contributed by atoms with E-state index in [1.54, 1.807) is 25.5 Å². The van der Waals surface area contributed by atoms with Gasteiger partial charge < -0.3 is 14.4 Å². The van der Waals surface area contributed by atoms with E-state index < -0.39 is 35.6 Å². The molecule has 1 N–H and O–H groups in total. The average molecular weight is 406 g/mol. The van der Waals surface area contributed by atoms with E-state index in [1.165, 1.54) is 18.3 Å². The van der Waals surface area contributed by atoms with Crippen LogP contribution in [0.1, 0.15) is 53.7 Å². The van der Waals surface area contributed by atoms with Gasteiger partial charge in [-0.3, -0.25) is 4.68 Å². The minimum atomic E-state index is -0.982. The van der Waals surface area contributed by atoms with Crippen LogP contribution < -0.4 is 5.46 Å². The summed E-state index contributed by atoms with van der Waals surface area (Å²) in [5.41, 5.74) is -0.727. The number of rotatable bonds is 5. The minimum Gasteiger partial charge on any atom is -0.399 e. The standard InChI is InChI=1S/C21H29BF2N2O3/c1-13-15(12-25-26(13)11-10-19(2,3)27)14-8-9-16(18(24)17(14)23)22-28-20(4,5)21(6,7)29-22/h8-9,12,27H,10-11H2,1-7H3. The zero-order valence-electron chi connectivity index (χ0n) is 18.1. The van der Waals surface area contributed by atoms with Gasteiger partial charge >= 0.3 is 7.12 Å². The summed E-state index contributed by atoms with van der Waals surface area (Å²) in [7, 11) is -0.973. The van der Waals surface area contributed by atoms with E-state index in [-0.39, 0.29) is 11.0 Å². The van der Waals surface area contributed by atoms with E-state index >= 15 is 0 Å². The number of aliphatic hydroxyl groups is 1. The Morgan fingerprint density at radius 3 is 2.21 bits per heavy atom. The Morgan fingerprint density at radius 1 is 1.07 bits per heavy atom. The first-order valence-electron chi connectivity index (χ1n) is 9.82. The molecule has 158 valence electrons. The predicted molar refractivity (Wildman–Crippen MR) is 109 cm³/mol. The summed E-state index contributed by atoms with van der Waals surface area (Å²) in [5.74, 6) is -1.94. The number of hydrogen-bond donors (Lipinski definition) is 1. The van der Waals surface area contributed by atoms with Crippen molar-refractivity contribution in [1.82, 2.24) is 9.78 Å². The molecule has 1 aliphatic heterocycles. The lowest BCUT2D eigenvalue weighted by Gasteiger charge is -2.32. The highest BCUT2D eigenvalue weighted by molar-refractivity contribution is 6.62. The predicted octanol–water partition coefficient (Wildman–Crippen LogP) is 3.60. The van der Waals surface area contributed by atoms with Crippen LogP contribution in [0.2, 0.25) is 0 Å². The lowest BCUT2D eigenvalue weighted by Crippen LogP contribution is -2.41. The van der Waals surface area contributed by atoms with Crippen LogP contribution in [0, 0.1) is 18.6 Å². The maximum Gasteiger partial charge on any atom is 0.497 e. The summed E-state index contributed by atoms with van der Waals surface area (Å²) in [4.78, 5) is 0. The molecule has 0 atom stereocenters. The molecule has 0 aliphatic carbocycles. The van der Waals surface area contributed by atoms with Crippen molar-refractivity contribution in [3.63, 3.8) is 0 Å². The Morgan fingerprint density at radius 2 is 1.66 bits per heavy atom. The van der Waals surface area contributed by atoms with Gasteiger partial charge in [-0.1, -0.05) is 12.1 Å². The van der Waals surface area contributed by atoms with E-state index in [4.69, 9.17) is 9.31 Å². The van der Waals surface area contributed by atoms with Crippen molar-refractivity contribution in [3.05, 3.63) is 35.7 Å². The molecular formula is C21H29BF2N2O3. The van der Waals surface area contributed by atoms with Gasteiger partial charge in [-0.15, -0.1) is 0 Å². The molecule has 2 aromatic rings. The van der Waals surface area contributed by atoms with Gasteiger partial charge in [-0.2, -0.15) is 5.10 Å². The number of hydrogen-bond acceptors (Lipinski definition) is 4. The van der Waals surface area contributed by atoms with Crippen LogP contribution in [0.4, 0.5) is 8.78 Å². The highest BCUT2D eigenvalue weighted by Gasteiger charge is 2.52. The first kappa shape index (κ1) is 21.9. The lowest BCUT2D eigenvalue weighted by molar-refractivity contribution is 0.00578. The third-order valence-corrected chi connectivity index (χ3v) is 5.95. The Labute approximate surface area is 171 Å². The van der Waals surface area contributed by atoms with Gasteiger partial charge in [-0.25, -0.2) is 8.78 Å². The summed E-state index contributed by atoms with van der Waals surface area (Å²) in [6, 6.07) is 3.03. The fraction of sp³-hybridized carbons (Fsp3) is 0.571. The van der Waals surface area contributed by atoms with E-state index in [1.807, 2.05) is 27.7 Å². The number of aryl methyl sites for hydroxylation is 1. The molecule has 1 fully saturated rings. The van der Waals surface area contributed by atoms with Crippen LogP contribution in [0.25, 0.3) is 11.1 Å². The molecule has 0 bridgehead atoms. The Balaban J connectivity index is 1.91. The summed E-state index contributed by atoms with van der Waals surface area (Å²) in [6.07, 6.45) is 2.01. The third-order valence-electron chi connectivity index (χ3n) is 5.95. The normalized spacial score (nSPS) is 18.5. The summed E-state index contributed by atoms with van der Waals surface area (Å²) < 4.78 is 43.3. The Kier molecular flexibility index (Phi) is 5.43. The minimum absolute atomic E-state index is 0.0389. The maximum atomic E-state index is 15.0. The molecule has 29 heavy (non-hydrogen) atoms. The van der Waals surface area contributed by atoms with Crippen LogP contribution >= 0.6 is 0 Å². The largest absolute Gasteiger partial charge is 0.497 e. The van der Waals surface area contributed by atoms with Crippen molar-refractivity contribution < 1.29 is 23.2 Å². The van der Waals surface area contributed by atoms with Crippen LogP contribution in [-0.2, 0) is 15.9 Å². The first-order valence-corrected chi connectivity index (χ1v) is 9.82.